The fourth-order valence-corrected chi connectivity index (χ4v) is 13.1. The van der Waals surface area contributed by atoms with Crippen LogP contribution in [-0.2, 0) is 30.3 Å². The summed E-state index contributed by atoms with van der Waals surface area (Å²) in [6.07, 6.45) is 41.1. The first-order chi connectivity index (χ1) is 35.1. The van der Waals surface area contributed by atoms with E-state index in [0.29, 0.717) is 41.0 Å². The molecular formula is C69H118O5. The van der Waals surface area contributed by atoms with Gasteiger partial charge < -0.3 is 4.74 Å². The molecule has 4 aliphatic rings. The van der Waals surface area contributed by atoms with E-state index >= 15 is 0 Å². The van der Waals surface area contributed by atoms with Crippen LogP contribution < -0.4 is 0 Å². The molecule has 5 rings (SSSR count). The zero-order chi connectivity index (χ0) is 55.3. The number of esters is 1. The Hall–Kier alpha value is -2.82. The average Bonchev–Trinajstić information content (AvgIpc) is 3.73. The lowest BCUT2D eigenvalue weighted by Crippen LogP contribution is -2.51. The number of unbranched alkanes of at least 4 members (excludes halogenated alkanes) is 11. The highest BCUT2D eigenvalue weighted by atomic mass is 16.5. The third kappa shape index (κ3) is 23.8. The molecular weight excluding hydrogens is 909 g/mol. The monoisotopic (exact) mass is 1030 g/mol. The minimum atomic E-state index is -0.0258. The van der Waals surface area contributed by atoms with Crippen molar-refractivity contribution in [3.63, 3.8) is 0 Å². The van der Waals surface area contributed by atoms with E-state index in [1.807, 2.05) is 92.6 Å². The van der Waals surface area contributed by atoms with Crippen LogP contribution in [0.2, 0.25) is 0 Å². The summed E-state index contributed by atoms with van der Waals surface area (Å²) in [7, 11) is 0. The fourth-order valence-electron chi connectivity index (χ4n) is 13.1. The van der Waals surface area contributed by atoms with Crippen molar-refractivity contribution in [3.05, 3.63) is 59.7 Å². The largest absolute Gasteiger partial charge is 0.462 e. The fraction of sp³-hybridized carbons (Fsp3) is 0.797. The molecule has 0 N–H and O–H groups in total. The summed E-state index contributed by atoms with van der Waals surface area (Å²) >= 11 is 0. The maximum absolute atomic E-state index is 12.2. The number of rotatable bonds is 28. The highest BCUT2D eigenvalue weighted by Gasteiger charge is 2.59. The predicted molar refractivity (Wildman–Crippen MR) is 317 cm³/mol. The lowest BCUT2D eigenvalue weighted by molar-refractivity contribution is -0.155. The second-order valence-corrected chi connectivity index (χ2v) is 26.0. The number of benzene rings is 1. The van der Waals surface area contributed by atoms with Gasteiger partial charge in [0.25, 0.3) is 0 Å². The number of carbonyl (C=O) groups is 4. The van der Waals surface area contributed by atoms with E-state index in [2.05, 4.69) is 59.8 Å². The molecule has 1 unspecified atom stereocenters. The van der Waals surface area contributed by atoms with Crippen LogP contribution in [0.25, 0.3) is 0 Å². The molecule has 5 heteroatoms. The van der Waals surface area contributed by atoms with Gasteiger partial charge in [-0.25, -0.2) is 0 Å². The van der Waals surface area contributed by atoms with Crippen molar-refractivity contribution in [2.24, 2.45) is 70.0 Å². The molecule has 3 fully saturated rings. The predicted octanol–water partition coefficient (Wildman–Crippen LogP) is 19.9. The van der Waals surface area contributed by atoms with Crippen molar-refractivity contribution >= 4 is 23.3 Å². The number of fused-ring (bicyclic) bond motifs is 5. The highest BCUT2D eigenvalue weighted by Crippen LogP contribution is 2.67. The van der Waals surface area contributed by atoms with Gasteiger partial charge in [0.15, 0.2) is 0 Å². The van der Waals surface area contributed by atoms with Crippen LogP contribution in [0.5, 0.6) is 0 Å². The molecule has 0 radical (unpaired) electrons. The number of Topliss-reactive ketones (excluding diaryl/α,β-unsaturated/α-hetero) is 3. The quantitative estimate of drug-likeness (QED) is 0.0475. The molecule has 5 nitrogen and oxygen atoms in total. The van der Waals surface area contributed by atoms with Crippen molar-refractivity contribution < 1.29 is 23.9 Å². The second kappa shape index (κ2) is 36.3. The Kier molecular flexibility index (Phi) is 33.0. The van der Waals surface area contributed by atoms with Crippen molar-refractivity contribution in [3.8, 4) is 0 Å². The van der Waals surface area contributed by atoms with Gasteiger partial charge in [0.1, 0.15) is 23.5 Å². The van der Waals surface area contributed by atoms with E-state index in [9.17, 15) is 19.2 Å². The van der Waals surface area contributed by atoms with Gasteiger partial charge in [-0.1, -0.05) is 229 Å². The van der Waals surface area contributed by atoms with E-state index in [0.717, 1.165) is 66.8 Å². The zero-order valence-electron chi connectivity index (χ0n) is 51.1. The summed E-state index contributed by atoms with van der Waals surface area (Å²) in [5, 5.41) is 0. The summed E-state index contributed by atoms with van der Waals surface area (Å²) in [5.41, 5.74) is 3.63. The van der Waals surface area contributed by atoms with Crippen LogP contribution in [0.3, 0.4) is 0 Å². The highest BCUT2D eigenvalue weighted by molar-refractivity contribution is 5.82. The van der Waals surface area contributed by atoms with Crippen molar-refractivity contribution in [1.82, 2.24) is 0 Å². The number of hydrogen-bond acceptors (Lipinski definition) is 5. The molecule has 74 heavy (non-hydrogen) atoms. The Morgan fingerprint density at radius 3 is 1.73 bits per heavy atom. The van der Waals surface area contributed by atoms with Gasteiger partial charge >= 0.3 is 5.97 Å². The van der Waals surface area contributed by atoms with E-state index in [1.165, 1.54) is 135 Å². The van der Waals surface area contributed by atoms with Gasteiger partial charge in [0.05, 0.1) is 5.92 Å². The van der Waals surface area contributed by atoms with E-state index in [4.69, 9.17) is 4.74 Å². The molecule has 0 bridgehead atoms. The molecule has 0 aromatic heterocycles. The van der Waals surface area contributed by atoms with Crippen LogP contribution in [0.15, 0.2) is 54.1 Å². The third-order valence-corrected chi connectivity index (χ3v) is 18.2. The molecule has 8 atom stereocenters. The summed E-state index contributed by atoms with van der Waals surface area (Å²) in [6, 6.07) is 9.86. The smallest absolute Gasteiger partial charge is 0.308 e. The summed E-state index contributed by atoms with van der Waals surface area (Å²) in [4.78, 5) is 45.5. The number of ether oxygens (including phenoxy) is 1. The molecule has 0 aliphatic heterocycles. The van der Waals surface area contributed by atoms with E-state index in [-0.39, 0.29) is 35.7 Å². The molecule has 0 saturated heterocycles. The molecule has 0 spiro atoms. The lowest BCUT2D eigenvalue weighted by Gasteiger charge is -2.58. The number of carbonyl (C=O) groups excluding carboxylic acids is 4. The molecule has 3 saturated carbocycles. The van der Waals surface area contributed by atoms with Crippen LogP contribution >= 0.6 is 0 Å². The molecule has 4 aliphatic carbocycles. The Balaban J connectivity index is 0.000000391. The zero-order valence-corrected chi connectivity index (χ0v) is 51.1. The van der Waals surface area contributed by atoms with Crippen molar-refractivity contribution in [2.75, 3.05) is 0 Å². The topological polar surface area (TPSA) is 77.5 Å². The maximum Gasteiger partial charge on any atom is 0.308 e. The Morgan fingerprint density at radius 2 is 1.19 bits per heavy atom. The Labute approximate surface area is 458 Å². The normalized spacial score (nSPS) is 24.4. The van der Waals surface area contributed by atoms with E-state index in [1.54, 1.807) is 5.57 Å². The third-order valence-electron chi connectivity index (χ3n) is 18.2. The van der Waals surface area contributed by atoms with Crippen molar-refractivity contribution in [2.45, 2.75) is 283 Å². The molecule has 0 heterocycles. The van der Waals surface area contributed by atoms with Crippen LogP contribution in [0.4, 0.5) is 0 Å². The second-order valence-electron chi connectivity index (χ2n) is 26.0. The first-order valence-electron chi connectivity index (χ1n) is 31.3. The molecule has 0 amide bonds. The molecule has 1 aromatic rings. The van der Waals surface area contributed by atoms with Gasteiger partial charge in [0.2, 0.25) is 0 Å². The van der Waals surface area contributed by atoms with Gasteiger partial charge in [-0.05, 0) is 129 Å². The first kappa shape index (κ1) is 67.3. The summed E-state index contributed by atoms with van der Waals surface area (Å²) in [6.45, 7) is 32.3. The number of ketones is 3. The summed E-state index contributed by atoms with van der Waals surface area (Å²) < 4.78 is 5.88. The Bertz CT molecular complexity index is 1770. The molecule has 424 valence electrons. The van der Waals surface area contributed by atoms with Crippen LogP contribution in [-0.4, -0.2) is 29.4 Å². The van der Waals surface area contributed by atoms with Gasteiger partial charge in [-0.2, -0.15) is 0 Å². The number of hydrogen-bond donors (Lipinski definition) is 0. The van der Waals surface area contributed by atoms with Gasteiger partial charge in [-0.15, -0.1) is 0 Å². The average molecular weight is 1030 g/mol. The lowest BCUT2D eigenvalue weighted by atomic mass is 9.47. The molecule has 1 aromatic carbocycles. The Morgan fingerprint density at radius 1 is 0.608 bits per heavy atom. The SMILES string of the molecule is CC(C)C(=O)Cc1ccccc1.CC(C)CCC[C@@H](C)[C@H]1CC[C@H]2[C@@H]3CC=C4CC(OC(=O)C(C)C)CC[C@]4(C)[C@H]3CC[C@]12C.CCC(=O)C(C)C.CCCCCCCC/C=C\CCCCCCCC(=O)C(C)C. The maximum atomic E-state index is 12.2. The van der Waals surface area contributed by atoms with Gasteiger partial charge in [-0.3, -0.25) is 19.2 Å². The first-order valence-corrected chi connectivity index (χ1v) is 31.3. The number of allylic oxidation sites excluding steroid dienone is 3. The van der Waals surface area contributed by atoms with Crippen molar-refractivity contribution in [1.29, 1.82) is 0 Å². The standard InChI is InChI=1S/C31H52O2.C21H40O.C11H14O.C6H12O/c1-20(2)9-8-10-22(5)26-13-14-27-25-12-11-23-19-24(33-29(32)21(3)4)15-17-30(23,6)28(25)16-18-31(26,27)7;1-4-5-6-7-8-9-10-11-12-13-14-15-16-17-18-19-21(22)20(2)3;1-9(2)11(12)8-10-6-4-3-5-7-10;1-4-6(7)5(2)3/h11,20-22,24-28H,8-10,12-19H2,1-7H3;11-12,20H,4-10,13-19H2,1-3H3;3-7,9H,8H2,1-2H3;5H,4H2,1-3H3/b;12-11-;;/t22-,24?,25+,26-,27+,28+,30+,31-;;;/m1.../s1. The minimum Gasteiger partial charge on any atom is -0.462 e. The summed E-state index contributed by atoms with van der Waals surface area (Å²) in [5.74, 6) is 6.91. The minimum absolute atomic E-state index is 0.0224. The van der Waals surface area contributed by atoms with Gasteiger partial charge in [0, 0.05) is 43.4 Å². The van der Waals surface area contributed by atoms with Crippen LogP contribution in [0, 0.1) is 70.0 Å². The van der Waals surface area contributed by atoms with Crippen LogP contribution in [0.1, 0.15) is 276 Å². The van der Waals surface area contributed by atoms with E-state index < -0.39 is 0 Å².